The molecule has 20 heavy (non-hydrogen) atoms. The van der Waals surface area contributed by atoms with Gasteiger partial charge in [0.1, 0.15) is 0 Å². The highest BCUT2D eigenvalue weighted by atomic mass is 32.2. The minimum Gasteiger partial charge on any atom is -0.381 e. The van der Waals surface area contributed by atoms with Gasteiger partial charge in [0, 0.05) is 17.6 Å². The lowest BCUT2D eigenvalue weighted by molar-refractivity contribution is 0.508. The van der Waals surface area contributed by atoms with Gasteiger partial charge in [0.25, 0.3) is 10.0 Å². The topological polar surface area (TPSA) is 89.5 Å². The van der Waals surface area contributed by atoms with Crippen LogP contribution in [0.5, 0.6) is 0 Å². The van der Waals surface area contributed by atoms with E-state index in [2.05, 4.69) is 9.71 Å². The molecule has 3 rings (SSSR count). The first-order valence-corrected chi connectivity index (χ1v) is 9.17. The third-order valence-electron chi connectivity index (χ3n) is 3.68. The van der Waals surface area contributed by atoms with E-state index in [-0.39, 0.29) is 16.9 Å². The van der Waals surface area contributed by atoms with E-state index in [9.17, 15) is 8.42 Å². The van der Waals surface area contributed by atoms with Crippen LogP contribution in [0, 0.1) is 0 Å². The average Bonchev–Trinajstić information content (AvgIpc) is 2.81. The van der Waals surface area contributed by atoms with Crippen molar-refractivity contribution in [1.82, 2.24) is 14.1 Å². The third kappa shape index (κ3) is 2.55. The standard InChI is InChI=1S/C12H18N4O2S2/c13-10-11(16-7-8-19-12(16)14-10)20(17,18)15-9-5-3-1-2-4-6-9/h7-9,15H,1-6,13H2. The van der Waals surface area contributed by atoms with Crippen molar-refractivity contribution in [2.75, 3.05) is 5.73 Å². The Morgan fingerprint density at radius 1 is 1.30 bits per heavy atom. The van der Waals surface area contributed by atoms with Gasteiger partial charge >= 0.3 is 0 Å². The maximum Gasteiger partial charge on any atom is 0.260 e. The van der Waals surface area contributed by atoms with Crippen molar-refractivity contribution in [2.24, 2.45) is 0 Å². The molecule has 0 spiro atoms. The van der Waals surface area contributed by atoms with Crippen molar-refractivity contribution in [3.8, 4) is 0 Å². The summed E-state index contributed by atoms with van der Waals surface area (Å²) in [7, 11) is -3.63. The predicted molar refractivity (Wildman–Crippen MR) is 79.3 cm³/mol. The summed E-state index contributed by atoms with van der Waals surface area (Å²) in [5.74, 6) is 0.0676. The molecule has 6 nitrogen and oxygen atoms in total. The third-order valence-corrected chi connectivity index (χ3v) is 5.99. The fraction of sp³-hybridized carbons (Fsp3) is 0.583. The molecule has 2 heterocycles. The largest absolute Gasteiger partial charge is 0.381 e. The van der Waals surface area contributed by atoms with Crippen LogP contribution in [0.25, 0.3) is 4.96 Å². The zero-order valence-corrected chi connectivity index (χ0v) is 12.7. The van der Waals surface area contributed by atoms with Crippen LogP contribution in [-0.2, 0) is 10.0 Å². The number of nitrogens with two attached hydrogens (primary N) is 1. The SMILES string of the molecule is Nc1nc2sccn2c1S(=O)(=O)NC1CCCCCC1. The summed E-state index contributed by atoms with van der Waals surface area (Å²) in [6.45, 7) is 0. The summed E-state index contributed by atoms with van der Waals surface area (Å²) in [5, 5.41) is 1.87. The number of anilines is 1. The van der Waals surface area contributed by atoms with Crippen molar-refractivity contribution in [2.45, 2.75) is 49.6 Å². The lowest BCUT2D eigenvalue weighted by Crippen LogP contribution is -2.35. The molecule has 0 bridgehead atoms. The average molecular weight is 314 g/mol. The Morgan fingerprint density at radius 2 is 2.00 bits per heavy atom. The molecular formula is C12H18N4O2S2. The normalized spacial score (nSPS) is 18.4. The number of aromatic nitrogens is 2. The number of hydrogen-bond donors (Lipinski definition) is 2. The smallest absolute Gasteiger partial charge is 0.260 e. The number of fused-ring (bicyclic) bond motifs is 1. The molecule has 0 radical (unpaired) electrons. The van der Waals surface area contributed by atoms with E-state index in [1.54, 1.807) is 16.0 Å². The Balaban J connectivity index is 1.91. The first-order valence-electron chi connectivity index (χ1n) is 6.81. The number of hydrogen-bond acceptors (Lipinski definition) is 5. The molecular weight excluding hydrogens is 296 g/mol. The van der Waals surface area contributed by atoms with E-state index in [1.165, 1.54) is 24.2 Å². The maximum atomic E-state index is 12.6. The zero-order valence-electron chi connectivity index (χ0n) is 11.1. The number of thiazole rings is 1. The molecule has 0 aliphatic heterocycles. The molecule has 110 valence electrons. The first kappa shape index (κ1) is 13.8. The molecule has 3 N–H and O–H groups in total. The number of sulfonamides is 1. The second kappa shape index (κ2) is 5.34. The Bertz CT molecular complexity index is 696. The molecule has 0 amide bonds. The van der Waals surface area contributed by atoms with E-state index in [0.717, 1.165) is 25.7 Å². The fourth-order valence-corrected chi connectivity index (χ4v) is 5.01. The Hall–Kier alpha value is -1.12. The summed E-state index contributed by atoms with van der Waals surface area (Å²) >= 11 is 1.37. The second-order valence-electron chi connectivity index (χ2n) is 5.17. The van der Waals surface area contributed by atoms with Crippen LogP contribution < -0.4 is 10.5 Å². The first-order chi connectivity index (χ1) is 9.58. The maximum absolute atomic E-state index is 12.6. The number of nitrogen functional groups attached to an aromatic ring is 1. The van der Waals surface area contributed by atoms with Crippen LogP contribution in [0.2, 0.25) is 0 Å². The van der Waals surface area contributed by atoms with Crippen molar-refractivity contribution < 1.29 is 8.42 Å². The summed E-state index contributed by atoms with van der Waals surface area (Å²) in [6, 6.07) is 0.00563. The highest BCUT2D eigenvalue weighted by Gasteiger charge is 2.27. The van der Waals surface area contributed by atoms with Gasteiger partial charge in [-0.25, -0.2) is 18.1 Å². The zero-order chi connectivity index (χ0) is 14.2. The Morgan fingerprint density at radius 3 is 2.70 bits per heavy atom. The number of nitrogens with one attached hydrogen (secondary N) is 1. The second-order valence-corrected chi connectivity index (χ2v) is 7.67. The van der Waals surface area contributed by atoms with Gasteiger partial charge < -0.3 is 5.73 Å². The minimum absolute atomic E-state index is 0.00563. The van der Waals surface area contributed by atoms with Gasteiger partial charge in [0.05, 0.1) is 0 Å². The van der Waals surface area contributed by atoms with Crippen molar-refractivity contribution in [1.29, 1.82) is 0 Å². The van der Waals surface area contributed by atoms with E-state index < -0.39 is 10.0 Å². The number of imidazole rings is 1. The molecule has 0 unspecified atom stereocenters. The fourth-order valence-electron chi connectivity index (χ4n) is 2.72. The molecule has 1 aliphatic rings. The molecule has 8 heteroatoms. The van der Waals surface area contributed by atoms with Crippen molar-refractivity contribution in [3.63, 3.8) is 0 Å². The van der Waals surface area contributed by atoms with Crippen LogP contribution in [0.15, 0.2) is 16.6 Å². The number of nitrogens with zero attached hydrogens (tertiary/aromatic N) is 2. The molecule has 1 fully saturated rings. The molecule has 2 aromatic heterocycles. The molecule has 0 aromatic carbocycles. The molecule has 2 aromatic rings. The summed E-state index contributed by atoms with van der Waals surface area (Å²) in [4.78, 5) is 4.69. The van der Waals surface area contributed by atoms with Crippen LogP contribution in [0.3, 0.4) is 0 Å². The number of rotatable bonds is 3. The van der Waals surface area contributed by atoms with Crippen LogP contribution in [0.4, 0.5) is 5.82 Å². The van der Waals surface area contributed by atoms with Gasteiger partial charge in [0.2, 0.25) is 0 Å². The van der Waals surface area contributed by atoms with Crippen molar-refractivity contribution >= 4 is 32.1 Å². The lowest BCUT2D eigenvalue weighted by Gasteiger charge is -2.16. The summed E-state index contributed by atoms with van der Waals surface area (Å²) < 4.78 is 29.5. The quantitative estimate of drug-likeness (QED) is 0.848. The van der Waals surface area contributed by atoms with Crippen LogP contribution in [0.1, 0.15) is 38.5 Å². The van der Waals surface area contributed by atoms with E-state index in [0.29, 0.717) is 4.96 Å². The van der Waals surface area contributed by atoms with Gasteiger partial charge in [-0.15, -0.1) is 11.3 Å². The monoisotopic (exact) mass is 314 g/mol. The molecule has 0 atom stereocenters. The lowest BCUT2D eigenvalue weighted by atomic mass is 10.1. The Labute approximate surface area is 122 Å². The Kier molecular flexibility index (Phi) is 3.70. The van der Waals surface area contributed by atoms with Crippen LogP contribution >= 0.6 is 11.3 Å². The van der Waals surface area contributed by atoms with Gasteiger partial charge in [-0.2, -0.15) is 0 Å². The van der Waals surface area contributed by atoms with Crippen LogP contribution in [-0.4, -0.2) is 23.8 Å². The van der Waals surface area contributed by atoms with Gasteiger partial charge in [-0.05, 0) is 12.8 Å². The van der Waals surface area contributed by atoms with Gasteiger partial charge in [-0.3, -0.25) is 4.40 Å². The minimum atomic E-state index is -3.63. The van der Waals surface area contributed by atoms with Gasteiger partial charge in [-0.1, -0.05) is 25.7 Å². The van der Waals surface area contributed by atoms with E-state index in [1.807, 2.05) is 0 Å². The highest BCUT2D eigenvalue weighted by Crippen LogP contribution is 2.25. The highest BCUT2D eigenvalue weighted by molar-refractivity contribution is 7.89. The predicted octanol–water partition coefficient (Wildman–Crippen LogP) is 1.98. The molecule has 1 saturated carbocycles. The summed E-state index contributed by atoms with van der Waals surface area (Å²) in [6.07, 6.45) is 7.98. The molecule has 1 aliphatic carbocycles. The van der Waals surface area contributed by atoms with E-state index >= 15 is 0 Å². The van der Waals surface area contributed by atoms with E-state index in [4.69, 9.17) is 5.73 Å². The molecule has 0 saturated heterocycles. The van der Waals surface area contributed by atoms with Crippen molar-refractivity contribution in [3.05, 3.63) is 11.6 Å². The van der Waals surface area contributed by atoms with Gasteiger partial charge in [0.15, 0.2) is 15.8 Å². The summed E-state index contributed by atoms with van der Waals surface area (Å²) in [5.41, 5.74) is 5.78.